The molecule has 2 aromatic rings. The molecule has 7 heteroatoms. The van der Waals surface area contributed by atoms with Crippen LogP contribution in [0, 0.1) is 0 Å². The maximum atomic E-state index is 12.6. The number of likely N-dealkylation sites (tertiary alicyclic amines) is 1. The fourth-order valence-electron chi connectivity index (χ4n) is 2.64. The summed E-state index contributed by atoms with van der Waals surface area (Å²) < 4.78 is 1.85. The minimum absolute atomic E-state index is 0.0258. The van der Waals surface area contributed by atoms with Crippen LogP contribution in [0.2, 0.25) is 0 Å². The summed E-state index contributed by atoms with van der Waals surface area (Å²) in [6.45, 7) is 1.45. The molecule has 1 aliphatic rings. The van der Waals surface area contributed by atoms with E-state index in [-0.39, 0.29) is 11.9 Å². The van der Waals surface area contributed by atoms with Gasteiger partial charge in [-0.1, -0.05) is 0 Å². The molecule has 0 radical (unpaired) electrons. The van der Waals surface area contributed by atoms with Crippen LogP contribution < -0.4 is 5.73 Å². The summed E-state index contributed by atoms with van der Waals surface area (Å²) in [4.78, 5) is 26.1. The van der Waals surface area contributed by atoms with E-state index in [1.807, 2.05) is 21.8 Å². The second kappa shape index (κ2) is 5.69. The van der Waals surface area contributed by atoms with Crippen LogP contribution in [0.25, 0.3) is 0 Å². The third-order valence-electron chi connectivity index (χ3n) is 3.69. The molecule has 2 aromatic heterocycles. The van der Waals surface area contributed by atoms with Crippen LogP contribution in [0.5, 0.6) is 0 Å². The zero-order valence-corrected chi connectivity index (χ0v) is 12.3. The molecule has 0 spiro atoms. The highest BCUT2D eigenvalue weighted by Crippen LogP contribution is 2.24. The van der Waals surface area contributed by atoms with Gasteiger partial charge in [0.05, 0.1) is 23.0 Å². The molecular weight excluding hydrogens is 288 g/mol. The Balaban J connectivity index is 1.74. The average molecular weight is 304 g/mol. The molecule has 3 rings (SSSR count). The van der Waals surface area contributed by atoms with Crippen LogP contribution >= 0.6 is 11.3 Å². The third kappa shape index (κ3) is 2.82. The number of nitrogens with zero attached hydrogens (tertiary/aromatic N) is 3. The lowest BCUT2D eigenvalue weighted by atomic mass is 10.2. The normalized spacial score (nSPS) is 18.1. The lowest BCUT2D eigenvalue weighted by Gasteiger charge is -2.24. The standard InChI is InChI=1S/C14H16N4O2S/c15-13(19)10-7-12(21-9-10)14(20)18-6-1-3-11(18)8-17-5-2-4-16-17/h2,4-5,7,9,11H,1,3,6,8H2,(H2,15,19)/t11-/m1/s1. The summed E-state index contributed by atoms with van der Waals surface area (Å²) in [5.74, 6) is -0.526. The Labute approximate surface area is 126 Å². The third-order valence-corrected chi connectivity index (χ3v) is 4.61. The Bertz CT molecular complexity index is 650. The van der Waals surface area contributed by atoms with Crippen LogP contribution in [-0.2, 0) is 6.54 Å². The largest absolute Gasteiger partial charge is 0.366 e. The number of primary amides is 1. The predicted octanol–water partition coefficient (Wildman–Crippen LogP) is 1.35. The summed E-state index contributed by atoms with van der Waals surface area (Å²) in [5.41, 5.74) is 5.62. The second-order valence-corrected chi connectivity index (χ2v) is 6.00. The van der Waals surface area contributed by atoms with Crippen molar-refractivity contribution in [1.82, 2.24) is 14.7 Å². The fraction of sp³-hybridized carbons (Fsp3) is 0.357. The number of carbonyl (C=O) groups is 2. The summed E-state index contributed by atoms with van der Waals surface area (Å²) in [6, 6.07) is 3.61. The van der Waals surface area contributed by atoms with Gasteiger partial charge in [0.25, 0.3) is 5.91 Å². The number of hydrogen-bond acceptors (Lipinski definition) is 4. The molecule has 1 aliphatic heterocycles. The molecule has 110 valence electrons. The van der Waals surface area contributed by atoms with Crippen molar-refractivity contribution in [3.05, 3.63) is 40.3 Å². The Morgan fingerprint density at radius 1 is 1.48 bits per heavy atom. The van der Waals surface area contributed by atoms with Crippen molar-refractivity contribution in [3.63, 3.8) is 0 Å². The van der Waals surface area contributed by atoms with Gasteiger partial charge in [-0.3, -0.25) is 14.3 Å². The van der Waals surface area contributed by atoms with Crippen molar-refractivity contribution < 1.29 is 9.59 Å². The van der Waals surface area contributed by atoms with Crippen molar-refractivity contribution in [3.8, 4) is 0 Å². The molecule has 1 fully saturated rings. The monoisotopic (exact) mass is 304 g/mol. The van der Waals surface area contributed by atoms with Crippen LogP contribution in [0.4, 0.5) is 0 Å². The molecular formula is C14H16N4O2S. The first kappa shape index (κ1) is 13.8. The van der Waals surface area contributed by atoms with Gasteiger partial charge in [0, 0.05) is 24.3 Å². The first-order valence-electron chi connectivity index (χ1n) is 6.82. The van der Waals surface area contributed by atoms with Gasteiger partial charge in [0.15, 0.2) is 0 Å². The van der Waals surface area contributed by atoms with Gasteiger partial charge in [-0.25, -0.2) is 0 Å². The number of rotatable bonds is 4. The van der Waals surface area contributed by atoms with Gasteiger partial charge < -0.3 is 10.6 Å². The quantitative estimate of drug-likeness (QED) is 0.925. The van der Waals surface area contributed by atoms with Crippen molar-refractivity contribution in [2.24, 2.45) is 5.73 Å². The Hall–Kier alpha value is -2.15. The van der Waals surface area contributed by atoms with E-state index in [4.69, 9.17) is 5.73 Å². The molecule has 21 heavy (non-hydrogen) atoms. The molecule has 0 aromatic carbocycles. The average Bonchev–Trinajstić information content (AvgIpc) is 3.20. The number of carbonyl (C=O) groups excluding carboxylic acids is 2. The van der Waals surface area contributed by atoms with Crippen molar-refractivity contribution in [2.75, 3.05) is 6.54 Å². The smallest absolute Gasteiger partial charge is 0.264 e. The van der Waals surface area contributed by atoms with E-state index in [0.717, 1.165) is 19.4 Å². The SMILES string of the molecule is NC(=O)c1csc(C(=O)N2CCC[C@@H]2Cn2cccn2)c1. The van der Waals surface area contributed by atoms with Crippen molar-refractivity contribution >= 4 is 23.2 Å². The number of hydrogen-bond donors (Lipinski definition) is 1. The zero-order chi connectivity index (χ0) is 14.8. The van der Waals surface area contributed by atoms with Crippen LogP contribution in [-0.4, -0.2) is 39.1 Å². The second-order valence-electron chi connectivity index (χ2n) is 5.09. The molecule has 6 nitrogen and oxygen atoms in total. The Morgan fingerprint density at radius 2 is 2.33 bits per heavy atom. The molecule has 2 amide bonds. The van der Waals surface area contributed by atoms with E-state index in [9.17, 15) is 9.59 Å². The molecule has 1 atom stereocenters. The molecule has 0 bridgehead atoms. The minimum atomic E-state index is -0.500. The molecule has 0 saturated carbocycles. The van der Waals surface area contributed by atoms with E-state index in [1.54, 1.807) is 17.6 Å². The molecule has 1 saturated heterocycles. The maximum Gasteiger partial charge on any atom is 0.264 e. The van der Waals surface area contributed by atoms with E-state index < -0.39 is 5.91 Å². The topological polar surface area (TPSA) is 81.2 Å². The predicted molar refractivity (Wildman–Crippen MR) is 79.1 cm³/mol. The Kier molecular flexibility index (Phi) is 3.74. The van der Waals surface area contributed by atoms with Gasteiger partial charge in [-0.05, 0) is 25.0 Å². The number of amides is 2. The first-order valence-corrected chi connectivity index (χ1v) is 7.70. The number of thiophene rings is 1. The van der Waals surface area contributed by atoms with Gasteiger partial charge in [-0.2, -0.15) is 5.10 Å². The molecule has 2 N–H and O–H groups in total. The lowest BCUT2D eigenvalue weighted by molar-refractivity contribution is 0.0726. The minimum Gasteiger partial charge on any atom is -0.366 e. The lowest BCUT2D eigenvalue weighted by Crippen LogP contribution is -2.37. The highest BCUT2D eigenvalue weighted by atomic mass is 32.1. The number of aromatic nitrogens is 2. The van der Waals surface area contributed by atoms with E-state index in [0.29, 0.717) is 17.0 Å². The van der Waals surface area contributed by atoms with Gasteiger partial charge in [0.1, 0.15) is 0 Å². The van der Waals surface area contributed by atoms with E-state index in [1.165, 1.54) is 11.3 Å². The van der Waals surface area contributed by atoms with Crippen LogP contribution in [0.1, 0.15) is 32.9 Å². The van der Waals surface area contributed by atoms with Gasteiger partial charge >= 0.3 is 0 Å². The van der Waals surface area contributed by atoms with E-state index >= 15 is 0 Å². The zero-order valence-electron chi connectivity index (χ0n) is 11.4. The fourth-order valence-corrected chi connectivity index (χ4v) is 3.49. The highest BCUT2D eigenvalue weighted by Gasteiger charge is 2.30. The van der Waals surface area contributed by atoms with Crippen molar-refractivity contribution in [1.29, 1.82) is 0 Å². The molecule has 3 heterocycles. The highest BCUT2D eigenvalue weighted by molar-refractivity contribution is 7.12. The molecule has 0 aliphatic carbocycles. The summed E-state index contributed by atoms with van der Waals surface area (Å²) in [5, 5.41) is 5.83. The van der Waals surface area contributed by atoms with Crippen LogP contribution in [0.15, 0.2) is 29.9 Å². The number of nitrogens with two attached hydrogens (primary N) is 1. The summed E-state index contributed by atoms with van der Waals surface area (Å²) in [7, 11) is 0. The maximum absolute atomic E-state index is 12.6. The summed E-state index contributed by atoms with van der Waals surface area (Å²) >= 11 is 1.27. The van der Waals surface area contributed by atoms with E-state index in [2.05, 4.69) is 5.10 Å². The first-order chi connectivity index (χ1) is 10.1. The van der Waals surface area contributed by atoms with Crippen LogP contribution in [0.3, 0.4) is 0 Å². The summed E-state index contributed by atoms with van der Waals surface area (Å²) in [6.07, 6.45) is 5.60. The van der Waals surface area contributed by atoms with Gasteiger partial charge in [-0.15, -0.1) is 11.3 Å². The molecule has 0 unspecified atom stereocenters. The van der Waals surface area contributed by atoms with Crippen molar-refractivity contribution in [2.45, 2.75) is 25.4 Å². The Morgan fingerprint density at radius 3 is 3.00 bits per heavy atom. The van der Waals surface area contributed by atoms with Gasteiger partial charge in [0.2, 0.25) is 5.91 Å².